The van der Waals surface area contributed by atoms with Crippen LogP contribution in [0.1, 0.15) is 43.3 Å². The van der Waals surface area contributed by atoms with E-state index >= 15 is 0 Å². The van der Waals surface area contributed by atoms with Crippen LogP contribution in [0.25, 0.3) is 0 Å². The van der Waals surface area contributed by atoms with Crippen LogP contribution in [-0.2, 0) is 10.4 Å². The molecule has 2 unspecified atom stereocenters. The van der Waals surface area contributed by atoms with E-state index in [1.54, 1.807) is 26.2 Å². The molecule has 2 N–H and O–H groups in total. The standard InChI is InChI=1S/C19H25NO4/c1-13(15-6-5-7-16(11-15)23-4)10-18(21)20-12-19(3,22)17-9-8-14(2)24-17/h5-9,11,13,22H,10,12H2,1-4H3,(H,20,21). The first kappa shape index (κ1) is 18.1. The summed E-state index contributed by atoms with van der Waals surface area (Å²) in [5, 5.41) is 13.2. The molecule has 0 saturated heterocycles. The van der Waals surface area contributed by atoms with E-state index < -0.39 is 5.60 Å². The number of aliphatic hydroxyl groups is 1. The predicted octanol–water partition coefficient (Wildman–Crippen LogP) is 3.11. The highest BCUT2D eigenvalue weighted by Gasteiger charge is 2.27. The SMILES string of the molecule is COc1cccc(C(C)CC(=O)NCC(C)(O)c2ccc(C)o2)c1. The van der Waals surface area contributed by atoms with Gasteiger partial charge in [-0.2, -0.15) is 0 Å². The first-order valence-corrected chi connectivity index (χ1v) is 8.02. The van der Waals surface area contributed by atoms with Gasteiger partial charge in [-0.25, -0.2) is 0 Å². The van der Waals surface area contributed by atoms with Crippen LogP contribution < -0.4 is 10.1 Å². The molecule has 0 aliphatic rings. The summed E-state index contributed by atoms with van der Waals surface area (Å²) in [6.45, 7) is 5.52. The zero-order valence-corrected chi connectivity index (χ0v) is 14.6. The van der Waals surface area contributed by atoms with Gasteiger partial charge in [0.05, 0.1) is 13.7 Å². The molecule has 5 nitrogen and oxygen atoms in total. The number of ether oxygens (including phenoxy) is 1. The van der Waals surface area contributed by atoms with E-state index in [1.807, 2.05) is 38.1 Å². The Morgan fingerprint density at radius 3 is 2.75 bits per heavy atom. The molecular formula is C19H25NO4. The number of rotatable bonds is 7. The Hall–Kier alpha value is -2.27. The lowest BCUT2D eigenvalue weighted by Gasteiger charge is -2.22. The normalized spacial score (nSPS) is 14.7. The molecule has 130 valence electrons. The van der Waals surface area contributed by atoms with Gasteiger partial charge in [-0.15, -0.1) is 0 Å². The van der Waals surface area contributed by atoms with Crippen molar-refractivity contribution in [3.05, 3.63) is 53.5 Å². The first-order chi connectivity index (χ1) is 11.3. The molecule has 0 aliphatic carbocycles. The maximum atomic E-state index is 12.2. The minimum atomic E-state index is -1.23. The summed E-state index contributed by atoms with van der Waals surface area (Å²) >= 11 is 0. The number of hydrogen-bond donors (Lipinski definition) is 2. The largest absolute Gasteiger partial charge is 0.497 e. The Kier molecular flexibility index (Phi) is 5.67. The number of carbonyl (C=O) groups excluding carboxylic acids is 1. The van der Waals surface area contributed by atoms with E-state index in [-0.39, 0.29) is 18.4 Å². The summed E-state index contributed by atoms with van der Waals surface area (Å²) in [6.07, 6.45) is 0.334. The predicted molar refractivity (Wildman–Crippen MR) is 92.1 cm³/mol. The van der Waals surface area contributed by atoms with Crippen molar-refractivity contribution >= 4 is 5.91 Å². The zero-order chi connectivity index (χ0) is 17.7. The van der Waals surface area contributed by atoms with Gasteiger partial charge in [0, 0.05) is 6.42 Å². The van der Waals surface area contributed by atoms with E-state index in [0.29, 0.717) is 12.2 Å². The Bertz CT molecular complexity index is 690. The van der Waals surface area contributed by atoms with Gasteiger partial charge >= 0.3 is 0 Å². The lowest BCUT2D eigenvalue weighted by Crippen LogP contribution is -2.38. The second-order valence-electron chi connectivity index (χ2n) is 6.34. The van der Waals surface area contributed by atoms with E-state index in [4.69, 9.17) is 9.15 Å². The number of benzene rings is 1. The van der Waals surface area contributed by atoms with Crippen molar-refractivity contribution in [1.29, 1.82) is 0 Å². The molecule has 0 saturated carbocycles. The van der Waals surface area contributed by atoms with Crippen molar-refractivity contribution in [3.63, 3.8) is 0 Å². The molecule has 2 aromatic rings. The topological polar surface area (TPSA) is 71.7 Å². The summed E-state index contributed by atoms with van der Waals surface area (Å²) < 4.78 is 10.7. The fraction of sp³-hybridized carbons (Fsp3) is 0.421. The minimum Gasteiger partial charge on any atom is -0.497 e. The van der Waals surface area contributed by atoms with Gasteiger partial charge in [0.25, 0.3) is 0 Å². The number of furan rings is 1. The van der Waals surface area contributed by atoms with E-state index in [0.717, 1.165) is 17.1 Å². The van der Waals surface area contributed by atoms with Crippen molar-refractivity contribution in [1.82, 2.24) is 5.32 Å². The second-order valence-corrected chi connectivity index (χ2v) is 6.34. The number of amides is 1. The Labute approximate surface area is 142 Å². The third-order valence-electron chi connectivity index (χ3n) is 4.06. The summed E-state index contributed by atoms with van der Waals surface area (Å²) in [5.74, 6) is 1.88. The van der Waals surface area contributed by atoms with Gasteiger partial charge in [-0.05, 0) is 49.6 Å². The summed E-state index contributed by atoms with van der Waals surface area (Å²) in [4.78, 5) is 12.2. The average molecular weight is 331 g/mol. The number of methoxy groups -OCH3 is 1. The second kappa shape index (κ2) is 7.53. The van der Waals surface area contributed by atoms with Crippen LogP contribution in [-0.4, -0.2) is 24.7 Å². The molecular weight excluding hydrogens is 306 g/mol. The van der Waals surface area contributed by atoms with Crippen LogP contribution in [0.5, 0.6) is 5.75 Å². The number of carbonyl (C=O) groups is 1. The minimum absolute atomic E-state index is 0.0518. The van der Waals surface area contributed by atoms with Crippen LogP contribution in [0, 0.1) is 6.92 Å². The van der Waals surface area contributed by atoms with E-state index in [9.17, 15) is 9.90 Å². The smallest absolute Gasteiger partial charge is 0.220 e. The molecule has 0 radical (unpaired) electrons. The van der Waals surface area contributed by atoms with Crippen molar-refractivity contribution in [2.45, 2.75) is 38.7 Å². The number of aryl methyl sites for hydroxylation is 1. The van der Waals surface area contributed by atoms with Crippen molar-refractivity contribution in [2.24, 2.45) is 0 Å². The Balaban J connectivity index is 1.90. The number of hydrogen-bond acceptors (Lipinski definition) is 4. The molecule has 2 atom stereocenters. The van der Waals surface area contributed by atoms with Gasteiger partial charge in [0.15, 0.2) is 0 Å². The van der Waals surface area contributed by atoms with Crippen LogP contribution in [0.3, 0.4) is 0 Å². The molecule has 24 heavy (non-hydrogen) atoms. The highest BCUT2D eigenvalue weighted by Crippen LogP contribution is 2.24. The Morgan fingerprint density at radius 1 is 1.38 bits per heavy atom. The van der Waals surface area contributed by atoms with Gasteiger partial charge in [-0.3, -0.25) is 4.79 Å². The average Bonchev–Trinajstić information content (AvgIpc) is 3.00. The molecule has 2 rings (SSSR count). The molecule has 0 fully saturated rings. The molecule has 0 spiro atoms. The van der Waals surface area contributed by atoms with Gasteiger partial charge < -0.3 is 19.6 Å². The van der Waals surface area contributed by atoms with Crippen LogP contribution in [0.15, 0.2) is 40.8 Å². The molecule has 1 heterocycles. The molecule has 0 bridgehead atoms. The summed E-state index contributed by atoms with van der Waals surface area (Å²) in [6, 6.07) is 11.2. The van der Waals surface area contributed by atoms with Crippen molar-refractivity contribution in [2.75, 3.05) is 13.7 Å². The fourth-order valence-corrected chi connectivity index (χ4v) is 2.50. The third kappa shape index (κ3) is 4.61. The van der Waals surface area contributed by atoms with Crippen LogP contribution in [0.2, 0.25) is 0 Å². The summed E-state index contributed by atoms with van der Waals surface area (Å²) in [5.41, 5.74) is -0.193. The molecule has 1 amide bonds. The van der Waals surface area contributed by atoms with Crippen LogP contribution >= 0.6 is 0 Å². The van der Waals surface area contributed by atoms with E-state index in [1.165, 1.54) is 0 Å². The summed E-state index contributed by atoms with van der Waals surface area (Å²) in [7, 11) is 1.62. The highest BCUT2D eigenvalue weighted by molar-refractivity contribution is 5.77. The Morgan fingerprint density at radius 2 is 2.12 bits per heavy atom. The first-order valence-electron chi connectivity index (χ1n) is 8.02. The van der Waals surface area contributed by atoms with Gasteiger partial charge in [0.2, 0.25) is 5.91 Å². The quantitative estimate of drug-likeness (QED) is 0.818. The third-order valence-corrected chi connectivity index (χ3v) is 4.06. The van der Waals surface area contributed by atoms with Crippen molar-refractivity contribution in [3.8, 4) is 5.75 Å². The molecule has 0 aliphatic heterocycles. The zero-order valence-electron chi connectivity index (χ0n) is 14.6. The number of nitrogens with one attached hydrogen (secondary N) is 1. The lowest BCUT2D eigenvalue weighted by atomic mass is 9.97. The molecule has 1 aromatic carbocycles. The maximum absolute atomic E-state index is 12.2. The maximum Gasteiger partial charge on any atom is 0.220 e. The monoisotopic (exact) mass is 331 g/mol. The van der Waals surface area contributed by atoms with Crippen LogP contribution in [0.4, 0.5) is 0 Å². The highest BCUT2D eigenvalue weighted by atomic mass is 16.5. The van der Waals surface area contributed by atoms with Crippen molar-refractivity contribution < 1.29 is 19.1 Å². The van der Waals surface area contributed by atoms with E-state index in [2.05, 4.69) is 5.32 Å². The molecule has 5 heteroatoms. The lowest BCUT2D eigenvalue weighted by molar-refractivity contribution is -0.122. The van der Waals surface area contributed by atoms with Gasteiger partial charge in [-0.1, -0.05) is 19.1 Å². The fourth-order valence-electron chi connectivity index (χ4n) is 2.50. The van der Waals surface area contributed by atoms with Gasteiger partial charge in [0.1, 0.15) is 22.9 Å². The molecule has 1 aromatic heterocycles.